The Morgan fingerprint density at radius 1 is 1.64 bits per heavy atom. The number of nitrogens with two attached hydrogens (primary N) is 1. The molecular formula is C7H13N3O. The summed E-state index contributed by atoms with van der Waals surface area (Å²) in [5.41, 5.74) is 6.17. The summed E-state index contributed by atoms with van der Waals surface area (Å²) in [6, 6.07) is 0.280. The van der Waals surface area contributed by atoms with Gasteiger partial charge < -0.3 is 10.5 Å². The van der Waals surface area contributed by atoms with Gasteiger partial charge in [-0.15, -0.1) is 0 Å². The van der Waals surface area contributed by atoms with E-state index in [1.165, 1.54) is 0 Å². The number of anilines is 1. The maximum Gasteiger partial charge on any atom is 0.235 e. The van der Waals surface area contributed by atoms with Crippen LogP contribution in [0.3, 0.4) is 0 Å². The van der Waals surface area contributed by atoms with Crippen LogP contribution in [0.25, 0.3) is 0 Å². The van der Waals surface area contributed by atoms with Gasteiger partial charge >= 0.3 is 0 Å². The van der Waals surface area contributed by atoms with E-state index >= 15 is 0 Å². The van der Waals surface area contributed by atoms with Crippen molar-refractivity contribution in [1.82, 2.24) is 9.78 Å². The Hall–Kier alpha value is -1.19. The predicted molar refractivity (Wildman–Crippen MR) is 43.6 cm³/mol. The summed E-state index contributed by atoms with van der Waals surface area (Å²) >= 11 is 0. The number of nitrogen functional groups attached to an aromatic ring is 1. The lowest BCUT2D eigenvalue weighted by atomic mass is 10.4. The first kappa shape index (κ1) is 7.91. The Labute approximate surface area is 66.0 Å². The topological polar surface area (TPSA) is 53.1 Å². The average molecular weight is 155 g/mol. The van der Waals surface area contributed by atoms with Crippen LogP contribution in [0.15, 0.2) is 6.20 Å². The number of rotatable bonds is 2. The summed E-state index contributed by atoms with van der Waals surface area (Å²) in [6.07, 6.45) is 1.60. The van der Waals surface area contributed by atoms with Gasteiger partial charge in [-0.3, -0.25) is 0 Å². The highest BCUT2D eigenvalue weighted by atomic mass is 16.5. The summed E-state index contributed by atoms with van der Waals surface area (Å²) in [7, 11) is 1.59. The standard InChI is InChI=1S/C7H13N3O/c1-5(2)10-7(11-3)6(8)4-9-10/h4-5H,8H2,1-3H3. The van der Waals surface area contributed by atoms with E-state index in [2.05, 4.69) is 5.10 Å². The Morgan fingerprint density at radius 2 is 2.27 bits per heavy atom. The molecule has 0 atom stereocenters. The molecule has 62 valence electrons. The van der Waals surface area contributed by atoms with Gasteiger partial charge in [0.05, 0.1) is 19.3 Å². The predicted octanol–water partition coefficient (Wildman–Crippen LogP) is 1.05. The van der Waals surface area contributed by atoms with Crippen molar-refractivity contribution in [2.75, 3.05) is 12.8 Å². The van der Waals surface area contributed by atoms with Crippen molar-refractivity contribution in [3.05, 3.63) is 6.20 Å². The molecule has 1 aromatic rings. The molecule has 0 saturated heterocycles. The second-order valence-corrected chi connectivity index (χ2v) is 2.65. The molecule has 4 heteroatoms. The molecule has 1 aromatic heterocycles. The lowest BCUT2D eigenvalue weighted by Gasteiger charge is -2.09. The highest BCUT2D eigenvalue weighted by Crippen LogP contribution is 2.22. The van der Waals surface area contributed by atoms with E-state index in [1.807, 2.05) is 13.8 Å². The van der Waals surface area contributed by atoms with Crippen molar-refractivity contribution in [3.63, 3.8) is 0 Å². The molecule has 0 aromatic carbocycles. The molecule has 0 unspecified atom stereocenters. The van der Waals surface area contributed by atoms with E-state index < -0.39 is 0 Å². The van der Waals surface area contributed by atoms with Gasteiger partial charge in [-0.1, -0.05) is 0 Å². The maximum absolute atomic E-state index is 5.58. The number of aromatic nitrogens is 2. The molecule has 0 amide bonds. The van der Waals surface area contributed by atoms with E-state index in [9.17, 15) is 0 Å². The zero-order valence-electron chi connectivity index (χ0n) is 7.03. The van der Waals surface area contributed by atoms with Crippen LogP contribution in [-0.2, 0) is 0 Å². The zero-order valence-corrected chi connectivity index (χ0v) is 7.03. The fourth-order valence-electron chi connectivity index (χ4n) is 0.944. The van der Waals surface area contributed by atoms with Crippen LogP contribution in [0.2, 0.25) is 0 Å². The third-order valence-corrected chi connectivity index (χ3v) is 1.46. The van der Waals surface area contributed by atoms with Gasteiger partial charge in [0, 0.05) is 0 Å². The monoisotopic (exact) mass is 155 g/mol. The van der Waals surface area contributed by atoms with Crippen molar-refractivity contribution < 1.29 is 4.74 Å². The molecule has 0 aliphatic heterocycles. The fraction of sp³-hybridized carbons (Fsp3) is 0.571. The molecule has 0 saturated carbocycles. The van der Waals surface area contributed by atoms with Crippen molar-refractivity contribution in [2.45, 2.75) is 19.9 Å². The molecule has 4 nitrogen and oxygen atoms in total. The first-order chi connectivity index (χ1) is 5.16. The lowest BCUT2D eigenvalue weighted by molar-refractivity contribution is 0.347. The lowest BCUT2D eigenvalue weighted by Crippen LogP contribution is -2.05. The molecule has 0 aliphatic carbocycles. The molecule has 0 radical (unpaired) electrons. The van der Waals surface area contributed by atoms with Gasteiger partial charge in [-0.25, -0.2) is 4.68 Å². The third kappa shape index (κ3) is 1.29. The molecule has 1 heterocycles. The Kier molecular flexibility index (Phi) is 2.03. The summed E-state index contributed by atoms with van der Waals surface area (Å²) in [5, 5.41) is 4.05. The van der Waals surface area contributed by atoms with Crippen molar-refractivity contribution in [2.24, 2.45) is 0 Å². The van der Waals surface area contributed by atoms with E-state index in [1.54, 1.807) is 18.0 Å². The molecule has 0 aliphatic rings. The van der Waals surface area contributed by atoms with Crippen LogP contribution in [0.4, 0.5) is 5.69 Å². The van der Waals surface area contributed by atoms with Crippen LogP contribution < -0.4 is 10.5 Å². The van der Waals surface area contributed by atoms with Crippen molar-refractivity contribution in [3.8, 4) is 5.88 Å². The Morgan fingerprint density at radius 3 is 2.64 bits per heavy atom. The molecule has 0 spiro atoms. The van der Waals surface area contributed by atoms with Gasteiger partial charge in [0.1, 0.15) is 5.69 Å². The number of hydrogen-bond acceptors (Lipinski definition) is 3. The van der Waals surface area contributed by atoms with Crippen LogP contribution in [-0.4, -0.2) is 16.9 Å². The fourth-order valence-corrected chi connectivity index (χ4v) is 0.944. The Balaban J connectivity index is 3.05. The highest BCUT2D eigenvalue weighted by Gasteiger charge is 2.09. The van der Waals surface area contributed by atoms with E-state index in [-0.39, 0.29) is 6.04 Å². The molecular weight excluding hydrogens is 142 g/mol. The molecule has 11 heavy (non-hydrogen) atoms. The normalized spacial score (nSPS) is 10.5. The minimum Gasteiger partial charge on any atom is -0.480 e. The first-order valence-corrected chi connectivity index (χ1v) is 3.53. The number of methoxy groups -OCH3 is 1. The quantitative estimate of drug-likeness (QED) is 0.694. The van der Waals surface area contributed by atoms with E-state index in [4.69, 9.17) is 10.5 Å². The van der Waals surface area contributed by atoms with Crippen LogP contribution in [0, 0.1) is 0 Å². The number of hydrogen-bond donors (Lipinski definition) is 1. The van der Waals surface area contributed by atoms with Gasteiger partial charge in [0.15, 0.2) is 0 Å². The summed E-state index contributed by atoms with van der Waals surface area (Å²) in [5.74, 6) is 0.639. The Bertz CT molecular complexity index is 242. The van der Waals surface area contributed by atoms with Crippen LogP contribution in [0.1, 0.15) is 19.9 Å². The van der Waals surface area contributed by atoms with E-state index in [0.717, 1.165) is 0 Å². The molecule has 2 N–H and O–H groups in total. The van der Waals surface area contributed by atoms with Crippen molar-refractivity contribution >= 4 is 5.69 Å². The smallest absolute Gasteiger partial charge is 0.235 e. The van der Waals surface area contributed by atoms with Gasteiger partial charge in [-0.05, 0) is 13.8 Å². The minimum absolute atomic E-state index is 0.280. The van der Waals surface area contributed by atoms with Gasteiger partial charge in [-0.2, -0.15) is 5.10 Å². The van der Waals surface area contributed by atoms with Crippen LogP contribution in [0.5, 0.6) is 5.88 Å². The third-order valence-electron chi connectivity index (χ3n) is 1.46. The zero-order chi connectivity index (χ0) is 8.43. The summed E-state index contributed by atoms with van der Waals surface area (Å²) < 4.78 is 6.80. The van der Waals surface area contributed by atoms with Crippen LogP contribution >= 0.6 is 0 Å². The highest BCUT2D eigenvalue weighted by molar-refractivity contribution is 5.46. The molecule has 0 bridgehead atoms. The second kappa shape index (κ2) is 2.82. The first-order valence-electron chi connectivity index (χ1n) is 3.53. The van der Waals surface area contributed by atoms with Gasteiger partial charge in [0.25, 0.3) is 0 Å². The SMILES string of the molecule is COc1c(N)cnn1C(C)C. The van der Waals surface area contributed by atoms with Gasteiger partial charge in [0.2, 0.25) is 5.88 Å². The summed E-state index contributed by atoms with van der Waals surface area (Å²) in [4.78, 5) is 0. The van der Waals surface area contributed by atoms with Crippen molar-refractivity contribution in [1.29, 1.82) is 0 Å². The largest absolute Gasteiger partial charge is 0.480 e. The van der Waals surface area contributed by atoms with E-state index in [0.29, 0.717) is 11.6 Å². The number of ether oxygens (including phenoxy) is 1. The average Bonchev–Trinajstić information content (AvgIpc) is 2.30. The summed E-state index contributed by atoms with van der Waals surface area (Å²) in [6.45, 7) is 4.05. The second-order valence-electron chi connectivity index (χ2n) is 2.65. The minimum atomic E-state index is 0.280. The molecule has 1 rings (SSSR count). The number of nitrogens with zero attached hydrogens (tertiary/aromatic N) is 2. The molecule has 0 fully saturated rings. The maximum atomic E-state index is 5.58.